The van der Waals surface area contributed by atoms with Gasteiger partial charge in [0, 0.05) is 12.7 Å². The van der Waals surface area contributed by atoms with Crippen molar-refractivity contribution in [3.05, 3.63) is 23.4 Å². The van der Waals surface area contributed by atoms with Crippen LogP contribution in [0, 0.1) is 0 Å². The monoisotopic (exact) mass is 157 g/mol. The van der Waals surface area contributed by atoms with Gasteiger partial charge >= 0.3 is 0 Å². The minimum Gasteiger partial charge on any atom is -0.322 e. The lowest BCUT2D eigenvalue weighted by Gasteiger charge is -2.15. The van der Waals surface area contributed by atoms with Gasteiger partial charge in [-0.05, 0) is 26.3 Å². The normalized spacial score (nSPS) is 13.7. The van der Waals surface area contributed by atoms with Gasteiger partial charge in [0.15, 0.2) is 0 Å². The lowest BCUT2D eigenvalue weighted by molar-refractivity contribution is 0.720. The lowest BCUT2D eigenvalue weighted by Crippen LogP contribution is -2.05. The van der Waals surface area contributed by atoms with E-state index in [1.54, 1.807) is 0 Å². The van der Waals surface area contributed by atoms with E-state index in [0.717, 1.165) is 5.70 Å². The predicted molar refractivity (Wildman–Crippen MR) is 49.9 cm³/mol. The van der Waals surface area contributed by atoms with Crippen LogP contribution in [-0.2, 0) is 0 Å². The van der Waals surface area contributed by atoms with Crippen LogP contribution in [0.1, 0.15) is 20.8 Å². The Morgan fingerprint density at radius 3 is 1.90 bits per heavy atom. The highest BCUT2D eigenvalue weighted by Gasteiger charge is 1.98. The molecular formula is C8H15NS. The number of hydrogen-bond acceptors (Lipinski definition) is 2. The molecule has 0 heterocycles. The third kappa shape index (κ3) is 2.48. The van der Waals surface area contributed by atoms with Crippen molar-refractivity contribution in [2.75, 3.05) is 7.05 Å². The fourth-order valence-corrected chi connectivity index (χ4v) is 1.09. The minimum absolute atomic E-state index is 1.16. The predicted octanol–water partition coefficient (Wildman–Crippen LogP) is 2.63. The van der Waals surface area contributed by atoms with Crippen LogP contribution < -0.4 is 0 Å². The molecule has 0 bridgehead atoms. The molecule has 0 saturated carbocycles. The highest BCUT2D eigenvalue weighted by Crippen LogP contribution is 2.13. The molecular weight excluding hydrogens is 142 g/mol. The number of hydrogen-bond donors (Lipinski definition) is 1. The van der Waals surface area contributed by atoms with E-state index in [9.17, 15) is 0 Å². The Morgan fingerprint density at radius 1 is 1.30 bits per heavy atom. The van der Waals surface area contributed by atoms with Crippen LogP contribution in [0.25, 0.3) is 0 Å². The van der Waals surface area contributed by atoms with Gasteiger partial charge in [-0.15, -0.1) is 0 Å². The molecule has 0 saturated heterocycles. The quantitative estimate of drug-likeness (QED) is 0.476. The van der Waals surface area contributed by atoms with Crippen LogP contribution in [0.4, 0.5) is 0 Å². The van der Waals surface area contributed by atoms with Gasteiger partial charge in [-0.25, -0.2) is 0 Å². The van der Waals surface area contributed by atoms with E-state index in [-0.39, 0.29) is 0 Å². The van der Waals surface area contributed by atoms with Crippen molar-refractivity contribution >= 4 is 12.8 Å². The summed E-state index contributed by atoms with van der Waals surface area (Å²) in [5.41, 5.74) is 2.41. The molecule has 0 aliphatic heterocycles. The van der Waals surface area contributed by atoms with Crippen LogP contribution >= 0.6 is 12.8 Å². The first-order chi connectivity index (χ1) is 4.63. The fraction of sp³-hybridized carbons (Fsp3) is 0.500. The number of likely N-dealkylation sites (N-methyl/N-ethyl adjacent to an activating group) is 1. The third-order valence-electron chi connectivity index (χ3n) is 1.46. The second-order valence-electron chi connectivity index (χ2n) is 2.17. The summed E-state index contributed by atoms with van der Waals surface area (Å²) < 4.78 is 1.81. The summed E-state index contributed by atoms with van der Waals surface area (Å²) in [4.78, 5) is 0. The summed E-state index contributed by atoms with van der Waals surface area (Å²) in [5, 5.41) is 0. The average Bonchev–Trinajstić information content (AvgIpc) is 1.88. The lowest BCUT2D eigenvalue weighted by atomic mass is 10.2. The molecule has 0 rings (SSSR count). The molecule has 0 aliphatic carbocycles. The van der Waals surface area contributed by atoms with E-state index in [2.05, 4.69) is 25.8 Å². The Bertz CT molecular complexity index is 157. The zero-order chi connectivity index (χ0) is 8.15. The van der Waals surface area contributed by atoms with E-state index in [1.165, 1.54) is 5.57 Å². The van der Waals surface area contributed by atoms with Gasteiger partial charge in [-0.2, -0.15) is 0 Å². The molecule has 0 unspecified atom stereocenters. The SMILES string of the molecule is C/C=C(C)\C(=C/C)N(C)S. The first-order valence-electron chi connectivity index (χ1n) is 3.35. The maximum atomic E-state index is 4.19. The van der Waals surface area contributed by atoms with Crippen molar-refractivity contribution in [3.63, 3.8) is 0 Å². The summed E-state index contributed by atoms with van der Waals surface area (Å²) in [6, 6.07) is 0. The number of rotatable bonds is 2. The maximum absolute atomic E-state index is 4.19. The van der Waals surface area contributed by atoms with E-state index < -0.39 is 0 Å². The third-order valence-corrected chi connectivity index (χ3v) is 1.67. The van der Waals surface area contributed by atoms with E-state index in [1.807, 2.05) is 31.3 Å². The molecule has 2 heteroatoms. The summed E-state index contributed by atoms with van der Waals surface area (Å²) in [7, 11) is 1.92. The second-order valence-corrected chi connectivity index (χ2v) is 2.77. The van der Waals surface area contributed by atoms with Crippen LogP contribution in [0.2, 0.25) is 0 Å². The molecule has 0 N–H and O–H groups in total. The molecule has 0 aliphatic rings. The zero-order valence-corrected chi connectivity index (χ0v) is 7.94. The Hall–Kier alpha value is -0.370. The summed E-state index contributed by atoms with van der Waals surface area (Å²) in [5.74, 6) is 0. The zero-order valence-electron chi connectivity index (χ0n) is 7.05. The van der Waals surface area contributed by atoms with Crippen molar-refractivity contribution in [2.45, 2.75) is 20.8 Å². The highest BCUT2D eigenvalue weighted by atomic mass is 32.1. The highest BCUT2D eigenvalue weighted by molar-refractivity contribution is 7.77. The van der Waals surface area contributed by atoms with Gasteiger partial charge in [0.05, 0.1) is 0 Å². The van der Waals surface area contributed by atoms with Crippen molar-refractivity contribution in [1.29, 1.82) is 0 Å². The molecule has 0 radical (unpaired) electrons. The molecule has 0 aromatic carbocycles. The molecule has 1 nitrogen and oxygen atoms in total. The summed E-state index contributed by atoms with van der Waals surface area (Å²) >= 11 is 4.19. The van der Waals surface area contributed by atoms with Crippen molar-refractivity contribution in [2.24, 2.45) is 0 Å². The number of allylic oxidation sites excluding steroid dienone is 3. The van der Waals surface area contributed by atoms with E-state index in [4.69, 9.17) is 0 Å². The van der Waals surface area contributed by atoms with Gasteiger partial charge in [-0.1, -0.05) is 25.0 Å². The largest absolute Gasteiger partial charge is 0.322 e. The van der Waals surface area contributed by atoms with E-state index in [0.29, 0.717) is 0 Å². The molecule has 0 fully saturated rings. The molecule has 10 heavy (non-hydrogen) atoms. The van der Waals surface area contributed by atoms with Crippen LogP contribution in [0.5, 0.6) is 0 Å². The molecule has 58 valence electrons. The average molecular weight is 157 g/mol. The standard InChI is InChI=1S/C8H15NS/c1-5-7(3)8(6-2)9(4)10/h5-6,10H,1-4H3/b7-5-,8-6+. The van der Waals surface area contributed by atoms with Gasteiger partial charge in [0.25, 0.3) is 0 Å². The summed E-state index contributed by atoms with van der Waals surface area (Å²) in [6.45, 7) is 6.10. The summed E-state index contributed by atoms with van der Waals surface area (Å²) in [6.07, 6.45) is 4.12. The van der Waals surface area contributed by atoms with Gasteiger partial charge in [0.2, 0.25) is 0 Å². The number of nitrogens with zero attached hydrogens (tertiary/aromatic N) is 1. The second kappa shape index (κ2) is 4.45. The van der Waals surface area contributed by atoms with Gasteiger partial charge < -0.3 is 4.31 Å². The molecule has 0 spiro atoms. The maximum Gasteiger partial charge on any atom is 0.0447 e. The van der Waals surface area contributed by atoms with Crippen molar-refractivity contribution in [3.8, 4) is 0 Å². The van der Waals surface area contributed by atoms with Crippen molar-refractivity contribution in [1.82, 2.24) is 4.31 Å². The van der Waals surface area contributed by atoms with E-state index >= 15 is 0 Å². The Balaban J connectivity index is 4.39. The smallest absolute Gasteiger partial charge is 0.0447 e. The Morgan fingerprint density at radius 2 is 1.80 bits per heavy atom. The van der Waals surface area contributed by atoms with Crippen LogP contribution in [-0.4, -0.2) is 11.4 Å². The first-order valence-corrected chi connectivity index (χ1v) is 3.75. The number of thiol groups is 1. The van der Waals surface area contributed by atoms with Crippen LogP contribution in [0.15, 0.2) is 23.4 Å². The molecule has 0 amide bonds. The first kappa shape index (κ1) is 9.63. The Kier molecular flexibility index (Phi) is 4.28. The molecule has 0 atom stereocenters. The topological polar surface area (TPSA) is 3.24 Å². The van der Waals surface area contributed by atoms with Gasteiger partial charge in [-0.3, -0.25) is 0 Å². The van der Waals surface area contributed by atoms with Crippen LogP contribution in [0.3, 0.4) is 0 Å². The fourth-order valence-electron chi connectivity index (χ4n) is 0.818. The molecule has 0 aromatic heterocycles. The minimum atomic E-state index is 1.16. The Labute approximate surface area is 69.0 Å². The van der Waals surface area contributed by atoms with Gasteiger partial charge in [0.1, 0.15) is 0 Å². The van der Waals surface area contributed by atoms with Crippen molar-refractivity contribution < 1.29 is 0 Å². The molecule has 0 aromatic rings.